The molecule has 0 radical (unpaired) electrons. The van der Waals surface area contributed by atoms with Crippen molar-refractivity contribution in [3.8, 4) is 0 Å². The summed E-state index contributed by atoms with van der Waals surface area (Å²) in [6.45, 7) is 4.31. The molecule has 7 rings (SSSR count). The van der Waals surface area contributed by atoms with Gasteiger partial charge in [0.2, 0.25) is 59.1 Å². The summed E-state index contributed by atoms with van der Waals surface area (Å²) >= 11 is 0. The van der Waals surface area contributed by atoms with Crippen LogP contribution in [0.3, 0.4) is 0 Å². The van der Waals surface area contributed by atoms with Crippen molar-refractivity contribution in [2.75, 3.05) is 138 Å². The third-order valence-corrected chi connectivity index (χ3v) is 20.1. The van der Waals surface area contributed by atoms with Crippen LogP contribution in [0.4, 0.5) is 0 Å². The maximum atomic E-state index is 13.9. The first kappa shape index (κ1) is 95.8. The van der Waals surface area contributed by atoms with Crippen molar-refractivity contribution < 1.29 is 145 Å². The van der Waals surface area contributed by atoms with E-state index in [0.29, 0.717) is 57.8 Å². The lowest BCUT2D eigenvalue weighted by molar-refractivity contribution is -0.237. The average molecular weight is 1660 g/mol. The number of unbranched alkanes of at least 4 members (excludes halogenated alkanes) is 3. The first-order valence-electron chi connectivity index (χ1n) is 40.0. The largest absolute Gasteiger partial charge is 0.461 e. The molecule has 10 amide bonds. The summed E-state index contributed by atoms with van der Waals surface area (Å²) in [5.74, 6) is -4.07. The molecule has 1 aromatic carbocycles. The summed E-state index contributed by atoms with van der Waals surface area (Å²) in [6, 6.07) is 6.24. The average Bonchev–Trinajstić information content (AvgIpc) is 1.62. The van der Waals surface area contributed by atoms with Gasteiger partial charge < -0.3 is 145 Å². The van der Waals surface area contributed by atoms with E-state index in [9.17, 15) is 83.4 Å². The number of nitrogens with one attached hydrogen (secondary N) is 10. The molecule has 15 atom stereocenters. The molecule has 0 aliphatic carbocycles. The normalized spacial score (nSPS) is 26.2. The number of carbonyl (C=O) groups is 11. The molecular formula is C76H122N10O30. The number of ether oxygens (including phenoxy) is 13. The lowest BCUT2D eigenvalue weighted by Crippen LogP contribution is -2.66. The molecule has 0 saturated carbocycles. The Kier molecular flexibility index (Phi) is 41.2. The summed E-state index contributed by atoms with van der Waals surface area (Å²) in [7, 11) is 0. The van der Waals surface area contributed by atoms with E-state index < -0.39 is 126 Å². The minimum absolute atomic E-state index is 0.0426. The van der Waals surface area contributed by atoms with Crippen molar-refractivity contribution in [2.45, 2.75) is 239 Å². The third kappa shape index (κ3) is 31.8. The summed E-state index contributed by atoms with van der Waals surface area (Å²) in [5.41, 5.74) is -4.64. The van der Waals surface area contributed by atoms with Gasteiger partial charge in [-0.2, -0.15) is 0 Å². The Morgan fingerprint density at radius 2 is 0.690 bits per heavy atom. The van der Waals surface area contributed by atoms with E-state index in [0.717, 1.165) is 5.56 Å². The summed E-state index contributed by atoms with van der Waals surface area (Å²) in [6.07, 6.45) is -6.76. The molecule has 6 fully saturated rings. The van der Waals surface area contributed by atoms with Gasteiger partial charge in [-0.15, -0.1) is 0 Å². The minimum Gasteiger partial charge on any atom is -0.461 e. The standard InChI is InChI=1S/C76H122N10O30/c1-49(87)83-61-64(98)67(101)74(46-111-70(61)114-74)43-104-33-10-7-19-53(90)77-27-14-30-80-56(93)24-36-107-40-73(86-59(96)22-13-23-60(97)110-39-52-17-5-4-6-18-52,41-108-37-25-57(94)81-31-15-28-78-54(91)20-8-11-34-105-44-75-47-112-71(115-75)62(84-50(2)88)65(99)68(75)102)42-109-38-26-58(95)82-32-16-29-79-55(92)21-9-12-35-106-45-76-48-113-72(116-76)63(85-51(3)89)66(100)69(76)103/h4-6,17-18,61-72,98-103H,7-16,19-48H2,1-3H3,(H,77,90)(H,78,91)(H,79,92)(H,80,93)(H,81,94)(H,82,95)(H,83,87)(H,84,88)(H,85,89)(H,86,96)/t61-,62-,63-,64-,65-,66-,67-,68-,69-,70+,71+,72+,74+,75+,76+/m1/s1. The van der Waals surface area contributed by atoms with Crippen LogP contribution in [-0.2, 0) is 121 Å². The molecule has 0 spiro atoms. The molecule has 6 heterocycles. The predicted octanol–water partition coefficient (Wildman–Crippen LogP) is -4.54. The molecule has 6 saturated heterocycles. The van der Waals surface area contributed by atoms with Crippen molar-refractivity contribution in [2.24, 2.45) is 0 Å². The van der Waals surface area contributed by atoms with E-state index in [1.165, 1.54) is 20.8 Å². The van der Waals surface area contributed by atoms with E-state index in [1.54, 1.807) is 12.1 Å². The number of amides is 10. The van der Waals surface area contributed by atoms with Crippen molar-refractivity contribution in [1.82, 2.24) is 53.2 Å². The monoisotopic (exact) mass is 1650 g/mol. The highest BCUT2D eigenvalue weighted by molar-refractivity contribution is 5.80. The highest BCUT2D eigenvalue weighted by Gasteiger charge is 2.62. The number of carbonyl (C=O) groups excluding carboxylic acids is 11. The molecule has 6 aliphatic heterocycles. The summed E-state index contributed by atoms with van der Waals surface area (Å²) in [4.78, 5) is 139. The number of fused-ring (bicyclic) bond motifs is 6. The fraction of sp³-hybridized carbons (Fsp3) is 0.776. The Hall–Kier alpha value is -7.33. The van der Waals surface area contributed by atoms with E-state index in [4.69, 9.17) is 61.6 Å². The minimum atomic E-state index is -1.50. The summed E-state index contributed by atoms with van der Waals surface area (Å²) < 4.78 is 75.2. The highest BCUT2D eigenvalue weighted by Crippen LogP contribution is 2.40. The number of aliphatic hydroxyl groups excluding tert-OH is 6. The van der Waals surface area contributed by atoms with Gasteiger partial charge in [0.15, 0.2) is 18.9 Å². The molecule has 16 N–H and O–H groups in total. The number of benzene rings is 1. The van der Waals surface area contributed by atoms with E-state index in [1.807, 2.05) is 18.2 Å². The quantitative estimate of drug-likeness (QED) is 0.0216. The van der Waals surface area contributed by atoms with Gasteiger partial charge in [0, 0.05) is 131 Å². The highest BCUT2D eigenvalue weighted by atomic mass is 16.8. The molecule has 0 aromatic heterocycles. The Bertz CT molecular complexity index is 3000. The molecule has 0 unspecified atom stereocenters. The van der Waals surface area contributed by atoms with Crippen LogP contribution in [-0.4, -0.2) is 330 Å². The number of esters is 1. The first-order valence-corrected chi connectivity index (χ1v) is 40.0. The maximum absolute atomic E-state index is 13.9. The van der Waals surface area contributed by atoms with Crippen LogP contribution in [0.1, 0.15) is 142 Å². The van der Waals surface area contributed by atoms with Crippen molar-refractivity contribution in [3.05, 3.63) is 35.9 Å². The molecule has 40 nitrogen and oxygen atoms in total. The van der Waals surface area contributed by atoms with Gasteiger partial charge in [0.25, 0.3) is 0 Å². The Morgan fingerprint density at radius 1 is 0.379 bits per heavy atom. The number of aliphatic hydroxyl groups is 6. The predicted molar refractivity (Wildman–Crippen MR) is 403 cm³/mol. The first-order chi connectivity index (χ1) is 55.7. The fourth-order valence-electron chi connectivity index (χ4n) is 13.7. The second-order valence-corrected chi connectivity index (χ2v) is 30.0. The van der Waals surface area contributed by atoms with Gasteiger partial charge >= 0.3 is 5.97 Å². The lowest BCUT2D eigenvalue weighted by Gasteiger charge is -2.42. The Balaban J connectivity index is 0.822. The zero-order chi connectivity index (χ0) is 83.9. The Morgan fingerprint density at radius 3 is 1.01 bits per heavy atom. The molecular weight excluding hydrogens is 1530 g/mol. The van der Waals surface area contributed by atoms with Crippen molar-refractivity contribution >= 4 is 65.0 Å². The number of hydrogen-bond donors (Lipinski definition) is 16. The van der Waals surface area contributed by atoms with Gasteiger partial charge in [-0.1, -0.05) is 30.3 Å². The SMILES string of the molecule is CC(=O)N[C@H]1[C@H]2OC[C@](COCCCCC(=O)NCCCNC(=O)CCOCC(COCCC(=O)NCCCNC(=O)CCCCOC[C@@]34CO[C@@H](O3)[C@H](NC(C)=O)[C@@H](O)[C@H]4O)(COCCC(=O)NCCCNC(=O)CCCCOC[C@@]34CO[C@@H](O3)[C@H](NC(C)=O)[C@@H](O)[C@H]4O)NC(=O)CCCC(=O)OCc3ccccc3)(O2)[C@H](O)[C@@H]1O. The fourth-order valence-corrected chi connectivity index (χ4v) is 13.7. The van der Waals surface area contributed by atoms with Gasteiger partial charge in [-0.05, 0) is 69.8 Å². The zero-order valence-electron chi connectivity index (χ0n) is 66.6. The van der Waals surface area contributed by atoms with Crippen molar-refractivity contribution in [1.29, 1.82) is 0 Å². The second-order valence-electron chi connectivity index (χ2n) is 30.0. The van der Waals surface area contributed by atoms with Crippen LogP contribution in [0.25, 0.3) is 0 Å². The molecule has 656 valence electrons. The van der Waals surface area contributed by atoms with Crippen molar-refractivity contribution in [3.63, 3.8) is 0 Å². The van der Waals surface area contributed by atoms with Gasteiger partial charge in [0.1, 0.15) is 83.7 Å². The van der Waals surface area contributed by atoms with Gasteiger partial charge in [-0.3, -0.25) is 52.7 Å². The van der Waals surface area contributed by atoms with E-state index >= 15 is 0 Å². The molecule has 40 heteroatoms. The van der Waals surface area contributed by atoms with Crippen LogP contribution in [0.15, 0.2) is 30.3 Å². The number of hydrogen-bond acceptors (Lipinski definition) is 30. The van der Waals surface area contributed by atoms with Gasteiger partial charge in [-0.25, -0.2) is 0 Å². The van der Waals surface area contributed by atoms with Crippen LogP contribution in [0, 0.1) is 0 Å². The van der Waals surface area contributed by atoms with Crippen LogP contribution in [0.2, 0.25) is 0 Å². The maximum Gasteiger partial charge on any atom is 0.306 e. The Labute approximate surface area is 673 Å². The molecule has 6 aliphatic rings. The zero-order valence-corrected chi connectivity index (χ0v) is 66.6. The number of rotatable bonds is 58. The van der Waals surface area contributed by atoms with Crippen LogP contribution in [0.5, 0.6) is 0 Å². The van der Waals surface area contributed by atoms with E-state index in [-0.39, 0.29) is 238 Å². The van der Waals surface area contributed by atoms with Crippen LogP contribution < -0.4 is 53.2 Å². The smallest absolute Gasteiger partial charge is 0.306 e. The second kappa shape index (κ2) is 49.9. The van der Waals surface area contributed by atoms with Crippen LogP contribution >= 0.6 is 0 Å². The molecule has 1 aromatic rings. The molecule has 116 heavy (non-hydrogen) atoms. The lowest BCUT2D eigenvalue weighted by atomic mass is 9.88. The topological polar surface area (TPSA) is 549 Å². The molecule has 6 bridgehead atoms. The van der Waals surface area contributed by atoms with E-state index in [2.05, 4.69) is 53.2 Å². The van der Waals surface area contributed by atoms with Gasteiger partial charge in [0.05, 0.1) is 79.3 Å². The summed E-state index contributed by atoms with van der Waals surface area (Å²) in [5, 5.41) is 91.7. The third-order valence-electron chi connectivity index (χ3n) is 20.1.